The third kappa shape index (κ3) is 4.27. The number of nitrogens with zero attached hydrogens (tertiary/aromatic N) is 1. The lowest BCUT2D eigenvalue weighted by atomic mass is 10.1. The van der Waals surface area contributed by atoms with Gasteiger partial charge in [0.25, 0.3) is 0 Å². The third-order valence-electron chi connectivity index (χ3n) is 4.47. The van der Waals surface area contributed by atoms with E-state index in [0.717, 1.165) is 11.1 Å². The van der Waals surface area contributed by atoms with Crippen molar-refractivity contribution in [1.29, 1.82) is 0 Å². The Balaban J connectivity index is 1.52. The number of aromatic carboxylic acids is 1. The van der Waals surface area contributed by atoms with Gasteiger partial charge in [-0.1, -0.05) is 42.5 Å². The number of nitrogens with one attached hydrogen (secondary N) is 1. The molecule has 6 nitrogen and oxygen atoms in total. The maximum absolute atomic E-state index is 12.4. The van der Waals surface area contributed by atoms with Gasteiger partial charge in [-0.05, 0) is 23.3 Å². The summed E-state index contributed by atoms with van der Waals surface area (Å²) in [5, 5.41) is 11.7. The van der Waals surface area contributed by atoms with Crippen LogP contribution in [0.4, 0.5) is 0 Å². The van der Waals surface area contributed by atoms with Crippen LogP contribution in [-0.4, -0.2) is 34.3 Å². The first-order chi connectivity index (χ1) is 12.5. The summed E-state index contributed by atoms with van der Waals surface area (Å²) >= 11 is 0. The van der Waals surface area contributed by atoms with E-state index in [1.54, 1.807) is 17.0 Å². The summed E-state index contributed by atoms with van der Waals surface area (Å²) < 4.78 is 0. The highest BCUT2D eigenvalue weighted by atomic mass is 16.4. The van der Waals surface area contributed by atoms with E-state index in [0.29, 0.717) is 19.6 Å². The van der Waals surface area contributed by atoms with Crippen molar-refractivity contribution in [2.45, 2.75) is 19.5 Å². The highest BCUT2D eigenvalue weighted by molar-refractivity contribution is 5.89. The fraction of sp³-hybridized carbons (Fsp3) is 0.250. The third-order valence-corrected chi connectivity index (χ3v) is 4.47. The lowest BCUT2D eigenvalue weighted by Crippen LogP contribution is -2.32. The molecule has 2 aromatic carbocycles. The first-order valence-corrected chi connectivity index (χ1v) is 8.44. The van der Waals surface area contributed by atoms with E-state index >= 15 is 0 Å². The van der Waals surface area contributed by atoms with E-state index < -0.39 is 5.97 Å². The molecule has 0 bridgehead atoms. The largest absolute Gasteiger partial charge is 0.478 e. The van der Waals surface area contributed by atoms with Crippen molar-refractivity contribution in [2.75, 3.05) is 6.54 Å². The molecular formula is C20H20N2O4. The molecule has 1 saturated heterocycles. The summed E-state index contributed by atoms with van der Waals surface area (Å²) in [7, 11) is 0. The Kier molecular flexibility index (Phi) is 5.31. The molecule has 1 heterocycles. The number of carbonyl (C=O) groups is 3. The standard InChI is InChI=1S/C20H20N2O4/c23-18-10-17(13-22(18)12-15-4-2-1-3-5-15)19(24)21-11-14-6-8-16(9-7-14)20(25)26/h1-9,17H,10-13H2,(H,21,24)(H,25,26)/t17-/m1/s1. The van der Waals surface area contributed by atoms with Crippen molar-refractivity contribution < 1.29 is 19.5 Å². The number of carboxylic acids is 1. The Labute approximate surface area is 151 Å². The minimum Gasteiger partial charge on any atom is -0.478 e. The van der Waals surface area contributed by atoms with E-state index in [1.807, 2.05) is 30.3 Å². The molecule has 1 aliphatic heterocycles. The second-order valence-electron chi connectivity index (χ2n) is 6.38. The molecule has 1 atom stereocenters. The summed E-state index contributed by atoms with van der Waals surface area (Å²) in [6.07, 6.45) is 0.219. The molecule has 1 aliphatic rings. The van der Waals surface area contributed by atoms with Gasteiger partial charge in [0.2, 0.25) is 11.8 Å². The lowest BCUT2D eigenvalue weighted by molar-refractivity contribution is -0.129. The number of benzene rings is 2. The first kappa shape index (κ1) is 17.7. The summed E-state index contributed by atoms with van der Waals surface area (Å²) in [5.74, 6) is -1.51. The number of hydrogen-bond donors (Lipinski definition) is 2. The van der Waals surface area contributed by atoms with E-state index in [4.69, 9.17) is 5.11 Å². The maximum atomic E-state index is 12.4. The number of rotatable bonds is 6. The summed E-state index contributed by atoms with van der Waals surface area (Å²) in [4.78, 5) is 37.1. The Bertz CT molecular complexity index is 802. The SMILES string of the molecule is O=C(O)c1ccc(CNC(=O)[C@@H]2CC(=O)N(Cc3ccccc3)C2)cc1. The Morgan fingerprint density at radius 3 is 2.38 bits per heavy atom. The van der Waals surface area contributed by atoms with Crippen LogP contribution in [0.5, 0.6) is 0 Å². The molecule has 0 aliphatic carbocycles. The van der Waals surface area contributed by atoms with E-state index in [1.165, 1.54) is 12.1 Å². The molecule has 1 fully saturated rings. The van der Waals surface area contributed by atoms with Crippen LogP contribution in [0.15, 0.2) is 54.6 Å². The molecule has 26 heavy (non-hydrogen) atoms. The van der Waals surface area contributed by atoms with Gasteiger partial charge in [-0.25, -0.2) is 4.79 Å². The van der Waals surface area contributed by atoms with Crippen LogP contribution >= 0.6 is 0 Å². The molecule has 3 rings (SSSR count). The second kappa shape index (κ2) is 7.82. The predicted octanol–water partition coefficient (Wildman–Crippen LogP) is 2.05. The van der Waals surface area contributed by atoms with E-state index in [9.17, 15) is 14.4 Å². The zero-order valence-corrected chi connectivity index (χ0v) is 14.2. The van der Waals surface area contributed by atoms with E-state index in [2.05, 4.69) is 5.32 Å². The van der Waals surface area contributed by atoms with Gasteiger partial charge in [0.15, 0.2) is 0 Å². The van der Waals surface area contributed by atoms with Crippen molar-refractivity contribution in [2.24, 2.45) is 5.92 Å². The monoisotopic (exact) mass is 352 g/mol. The Hall–Kier alpha value is -3.15. The van der Waals surface area contributed by atoms with Crippen molar-refractivity contribution in [3.63, 3.8) is 0 Å². The van der Waals surface area contributed by atoms with Gasteiger partial charge < -0.3 is 15.3 Å². The minimum atomic E-state index is -0.983. The van der Waals surface area contributed by atoms with Crippen LogP contribution in [-0.2, 0) is 22.7 Å². The zero-order chi connectivity index (χ0) is 18.5. The van der Waals surface area contributed by atoms with Crippen LogP contribution in [0.2, 0.25) is 0 Å². The maximum Gasteiger partial charge on any atom is 0.335 e. The van der Waals surface area contributed by atoms with Crippen molar-refractivity contribution >= 4 is 17.8 Å². The summed E-state index contributed by atoms with van der Waals surface area (Å²) in [6, 6.07) is 16.0. The molecule has 2 aromatic rings. The molecular weight excluding hydrogens is 332 g/mol. The quantitative estimate of drug-likeness (QED) is 0.833. The van der Waals surface area contributed by atoms with Crippen LogP contribution < -0.4 is 5.32 Å². The van der Waals surface area contributed by atoms with Gasteiger partial charge >= 0.3 is 5.97 Å². The van der Waals surface area contributed by atoms with Gasteiger partial charge in [-0.2, -0.15) is 0 Å². The van der Waals surface area contributed by atoms with Gasteiger partial charge in [0.1, 0.15) is 0 Å². The predicted molar refractivity (Wildman–Crippen MR) is 95.2 cm³/mol. The van der Waals surface area contributed by atoms with E-state index in [-0.39, 0.29) is 29.7 Å². The normalized spacial score (nSPS) is 16.5. The van der Waals surface area contributed by atoms with Gasteiger partial charge in [-0.15, -0.1) is 0 Å². The topological polar surface area (TPSA) is 86.7 Å². The first-order valence-electron chi connectivity index (χ1n) is 8.44. The molecule has 0 unspecified atom stereocenters. The average molecular weight is 352 g/mol. The second-order valence-corrected chi connectivity index (χ2v) is 6.38. The molecule has 134 valence electrons. The van der Waals surface area contributed by atoms with Crippen LogP contribution in [0, 0.1) is 5.92 Å². The zero-order valence-electron chi connectivity index (χ0n) is 14.2. The van der Waals surface area contributed by atoms with Crippen molar-refractivity contribution in [3.05, 3.63) is 71.3 Å². The van der Waals surface area contributed by atoms with Crippen LogP contribution in [0.25, 0.3) is 0 Å². The molecule has 2 amide bonds. The summed E-state index contributed by atoms with van der Waals surface area (Å²) in [6.45, 7) is 1.24. The minimum absolute atomic E-state index is 0.0141. The van der Waals surface area contributed by atoms with Crippen LogP contribution in [0.3, 0.4) is 0 Å². The van der Waals surface area contributed by atoms with Crippen LogP contribution in [0.1, 0.15) is 27.9 Å². The fourth-order valence-electron chi connectivity index (χ4n) is 3.00. The Morgan fingerprint density at radius 2 is 1.73 bits per heavy atom. The average Bonchev–Trinajstić information content (AvgIpc) is 3.01. The van der Waals surface area contributed by atoms with Gasteiger partial charge in [0.05, 0.1) is 11.5 Å². The number of carboxylic acid groups (broad SMARTS) is 1. The smallest absolute Gasteiger partial charge is 0.335 e. The Morgan fingerprint density at radius 1 is 1.04 bits per heavy atom. The number of hydrogen-bond acceptors (Lipinski definition) is 3. The number of carbonyl (C=O) groups excluding carboxylic acids is 2. The molecule has 0 spiro atoms. The molecule has 0 radical (unpaired) electrons. The number of amides is 2. The summed E-state index contributed by atoms with van der Waals surface area (Å²) in [5.41, 5.74) is 2.06. The molecule has 6 heteroatoms. The highest BCUT2D eigenvalue weighted by Crippen LogP contribution is 2.20. The molecule has 0 saturated carbocycles. The molecule has 2 N–H and O–H groups in total. The highest BCUT2D eigenvalue weighted by Gasteiger charge is 2.34. The number of likely N-dealkylation sites (tertiary alicyclic amines) is 1. The lowest BCUT2D eigenvalue weighted by Gasteiger charge is -2.16. The van der Waals surface area contributed by atoms with Crippen molar-refractivity contribution in [1.82, 2.24) is 10.2 Å². The van der Waals surface area contributed by atoms with Crippen molar-refractivity contribution in [3.8, 4) is 0 Å². The fourth-order valence-corrected chi connectivity index (χ4v) is 3.00. The van der Waals surface area contributed by atoms with Gasteiger partial charge in [-0.3, -0.25) is 9.59 Å². The van der Waals surface area contributed by atoms with Gasteiger partial charge in [0, 0.05) is 26.1 Å². The molecule has 0 aromatic heterocycles.